The van der Waals surface area contributed by atoms with Gasteiger partial charge in [0.15, 0.2) is 0 Å². The Balaban J connectivity index is 2.28. The van der Waals surface area contributed by atoms with E-state index in [2.05, 4.69) is 5.32 Å². The van der Waals surface area contributed by atoms with E-state index < -0.39 is 4.92 Å². The van der Waals surface area contributed by atoms with Gasteiger partial charge in [0.1, 0.15) is 11.6 Å². The topological polar surface area (TPSA) is 88.2 Å². The van der Waals surface area contributed by atoms with Crippen LogP contribution in [0, 0.1) is 21.4 Å². The minimum atomic E-state index is -0.550. The van der Waals surface area contributed by atoms with Crippen LogP contribution in [0.5, 0.6) is 0 Å². The van der Waals surface area contributed by atoms with Crippen molar-refractivity contribution >= 4 is 11.4 Å². The highest BCUT2D eigenvalue weighted by atomic mass is 16.6. The molecule has 1 aliphatic rings. The van der Waals surface area contributed by atoms with Crippen molar-refractivity contribution in [1.29, 1.82) is 5.26 Å². The van der Waals surface area contributed by atoms with E-state index >= 15 is 0 Å². The lowest BCUT2D eigenvalue weighted by Gasteiger charge is -2.30. The second-order valence-electron chi connectivity index (χ2n) is 4.91. The zero-order valence-corrected chi connectivity index (χ0v) is 10.8. The van der Waals surface area contributed by atoms with E-state index in [4.69, 9.17) is 10.00 Å². The Hall–Kier alpha value is -2.13. The smallest absolute Gasteiger partial charge is 0.287 e. The summed E-state index contributed by atoms with van der Waals surface area (Å²) in [4.78, 5) is 10.2. The summed E-state index contributed by atoms with van der Waals surface area (Å²) in [5.41, 5.74) is 0.365. The van der Waals surface area contributed by atoms with Gasteiger partial charge >= 0.3 is 0 Å². The molecular formula is C13H15N3O3. The van der Waals surface area contributed by atoms with E-state index in [9.17, 15) is 10.1 Å². The van der Waals surface area contributed by atoms with Gasteiger partial charge in [-0.3, -0.25) is 10.1 Å². The summed E-state index contributed by atoms with van der Waals surface area (Å²) in [6, 6.07) is 6.33. The lowest BCUT2D eigenvalue weighted by molar-refractivity contribution is -0.385. The number of nitro benzene ring substituents is 1. The molecule has 0 aromatic heterocycles. The maximum Gasteiger partial charge on any atom is 0.287 e. The van der Waals surface area contributed by atoms with Gasteiger partial charge < -0.3 is 10.1 Å². The van der Waals surface area contributed by atoms with Gasteiger partial charge in [-0.1, -0.05) is 0 Å². The molecule has 6 nitrogen and oxygen atoms in total. The molecule has 1 fully saturated rings. The van der Waals surface area contributed by atoms with Crippen molar-refractivity contribution in [3.63, 3.8) is 0 Å². The predicted molar refractivity (Wildman–Crippen MR) is 69.9 cm³/mol. The minimum Gasteiger partial charge on any atom is -0.377 e. The first-order valence-electron chi connectivity index (χ1n) is 6.04. The molecule has 6 heteroatoms. The van der Waals surface area contributed by atoms with Crippen molar-refractivity contribution < 1.29 is 9.66 Å². The molecule has 2 atom stereocenters. The average Bonchev–Trinajstić information content (AvgIpc) is 2.68. The molecule has 1 N–H and O–H groups in total. The Morgan fingerprint density at radius 2 is 2.37 bits per heavy atom. The molecule has 2 unspecified atom stereocenters. The van der Waals surface area contributed by atoms with Gasteiger partial charge in [0.05, 0.1) is 16.6 Å². The zero-order valence-electron chi connectivity index (χ0n) is 10.8. The van der Waals surface area contributed by atoms with Gasteiger partial charge in [0.2, 0.25) is 0 Å². The molecule has 0 saturated carbocycles. The standard InChI is InChI=1S/C13H15N3O3/c1-9-13(2,5-6-19-9)15-11-3-4-12(16(17)18)10(7-11)8-14/h3-4,7,9,15H,5-6H2,1-2H3. The average molecular weight is 261 g/mol. The summed E-state index contributed by atoms with van der Waals surface area (Å²) in [5.74, 6) is 0. The fourth-order valence-corrected chi connectivity index (χ4v) is 2.19. The van der Waals surface area contributed by atoms with Crippen LogP contribution in [-0.2, 0) is 4.74 Å². The van der Waals surface area contributed by atoms with Crippen molar-refractivity contribution in [3.05, 3.63) is 33.9 Å². The molecule has 1 heterocycles. The molecule has 0 aliphatic carbocycles. The Morgan fingerprint density at radius 1 is 1.63 bits per heavy atom. The number of hydrogen-bond donors (Lipinski definition) is 1. The maximum atomic E-state index is 10.8. The predicted octanol–water partition coefficient (Wildman–Crippen LogP) is 2.45. The van der Waals surface area contributed by atoms with Crippen molar-refractivity contribution in [2.24, 2.45) is 0 Å². The van der Waals surface area contributed by atoms with Crippen molar-refractivity contribution in [1.82, 2.24) is 0 Å². The number of anilines is 1. The SMILES string of the molecule is CC1OCCC1(C)Nc1ccc([N+](=O)[O-])c(C#N)c1. The first kappa shape index (κ1) is 13.3. The lowest BCUT2D eigenvalue weighted by atomic mass is 9.94. The normalized spacial score (nSPS) is 25.8. The van der Waals surface area contributed by atoms with Gasteiger partial charge in [-0.05, 0) is 32.4 Å². The molecule has 1 aliphatic heterocycles. The molecule has 2 rings (SSSR count). The third-order valence-corrected chi connectivity index (χ3v) is 3.63. The molecule has 0 spiro atoms. The number of benzene rings is 1. The highest BCUT2D eigenvalue weighted by Crippen LogP contribution is 2.31. The van der Waals surface area contributed by atoms with Crippen LogP contribution in [-0.4, -0.2) is 23.2 Å². The molecule has 0 amide bonds. The Bertz CT molecular complexity index is 553. The summed E-state index contributed by atoms with van der Waals surface area (Å²) >= 11 is 0. The fraction of sp³-hybridized carbons (Fsp3) is 0.462. The van der Waals surface area contributed by atoms with Crippen LogP contribution in [0.25, 0.3) is 0 Å². The molecule has 19 heavy (non-hydrogen) atoms. The zero-order chi connectivity index (χ0) is 14.0. The summed E-state index contributed by atoms with van der Waals surface area (Å²) in [6.45, 7) is 4.71. The summed E-state index contributed by atoms with van der Waals surface area (Å²) in [5, 5.41) is 23.0. The van der Waals surface area contributed by atoms with Gasteiger partial charge in [-0.25, -0.2) is 0 Å². The monoisotopic (exact) mass is 261 g/mol. The van der Waals surface area contributed by atoms with E-state index in [1.807, 2.05) is 19.9 Å². The van der Waals surface area contributed by atoms with Crippen LogP contribution >= 0.6 is 0 Å². The molecule has 1 aromatic carbocycles. The highest BCUT2D eigenvalue weighted by Gasteiger charge is 2.37. The summed E-state index contributed by atoms with van der Waals surface area (Å²) in [6.07, 6.45) is 0.903. The number of hydrogen-bond acceptors (Lipinski definition) is 5. The van der Waals surface area contributed by atoms with Crippen LogP contribution in [0.15, 0.2) is 18.2 Å². The Kier molecular flexibility index (Phi) is 3.40. The summed E-state index contributed by atoms with van der Waals surface area (Å²) < 4.78 is 5.52. The number of nitro groups is 1. The fourth-order valence-electron chi connectivity index (χ4n) is 2.19. The number of ether oxygens (including phenoxy) is 1. The van der Waals surface area contributed by atoms with E-state index in [0.717, 1.165) is 6.42 Å². The van der Waals surface area contributed by atoms with E-state index in [1.54, 1.807) is 6.07 Å². The minimum absolute atomic E-state index is 0.0493. The van der Waals surface area contributed by atoms with Crippen LogP contribution < -0.4 is 5.32 Å². The lowest BCUT2D eigenvalue weighted by Crippen LogP contribution is -2.41. The Morgan fingerprint density at radius 3 is 2.89 bits per heavy atom. The summed E-state index contributed by atoms with van der Waals surface area (Å²) in [7, 11) is 0. The van der Waals surface area contributed by atoms with Crippen LogP contribution in [0.3, 0.4) is 0 Å². The van der Waals surface area contributed by atoms with E-state index in [1.165, 1.54) is 12.1 Å². The molecule has 1 aromatic rings. The Labute approximate surface area is 111 Å². The number of rotatable bonds is 3. The number of nitriles is 1. The van der Waals surface area contributed by atoms with E-state index in [0.29, 0.717) is 12.3 Å². The third kappa shape index (κ3) is 2.51. The first-order chi connectivity index (χ1) is 8.96. The van der Waals surface area contributed by atoms with E-state index in [-0.39, 0.29) is 22.9 Å². The largest absolute Gasteiger partial charge is 0.377 e. The first-order valence-corrected chi connectivity index (χ1v) is 6.04. The van der Waals surface area contributed by atoms with Crippen LogP contribution in [0.2, 0.25) is 0 Å². The molecular weight excluding hydrogens is 246 g/mol. The van der Waals surface area contributed by atoms with Gasteiger partial charge in [0.25, 0.3) is 5.69 Å². The highest BCUT2D eigenvalue weighted by molar-refractivity contribution is 5.59. The van der Waals surface area contributed by atoms with Crippen molar-refractivity contribution in [2.45, 2.75) is 31.9 Å². The van der Waals surface area contributed by atoms with Crippen molar-refractivity contribution in [3.8, 4) is 6.07 Å². The van der Waals surface area contributed by atoms with Crippen LogP contribution in [0.4, 0.5) is 11.4 Å². The maximum absolute atomic E-state index is 10.8. The van der Waals surface area contributed by atoms with Crippen molar-refractivity contribution in [2.75, 3.05) is 11.9 Å². The second kappa shape index (κ2) is 4.86. The van der Waals surface area contributed by atoms with Gasteiger partial charge in [-0.2, -0.15) is 5.26 Å². The van der Waals surface area contributed by atoms with Gasteiger partial charge in [-0.15, -0.1) is 0 Å². The van der Waals surface area contributed by atoms with Crippen LogP contribution in [0.1, 0.15) is 25.8 Å². The third-order valence-electron chi connectivity index (χ3n) is 3.63. The quantitative estimate of drug-likeness (QED) is 0.666. The number of nitrogens with one attached hydrogen (secondary N) is 1. The number of nitrogens with zero attached hydrogens (tertiary/aromatic N) is 2. The molecule has 100 valence electrons. The second-order valence-corrected chi connectivity index (χ2v) is 4.91. The van der Waals surface area contributed by atoms with Gasteiger partial charge in [0, 0.05) is 18.4 Å². The molecule has 1 saturated heterocycles. The molecule has 0 radical (unpaired) electrons. The molecule has 0 bridgehead atoms.